The monoisotopic (exact) mass is 373 g/mol. The first kappa shape index (κ1) is 17.8. The molecule has 1 aromatic rings. The normalized spacial score (nSPS) is 30.5. The lowest BCUT2D eigenvalue weighted by Crippen LogP contribution is -2.48. The fourth-order valence-corrected chi connectivity index (χ4v) is 5.45. The van der Waals surface area contributed by atoms with Gasteiger partial charge in [0.2, 0.25) is 0 Å². The third-order valence-corrected chi connectivity index (χ3v) is 6.79. The Bertz CT molecular complexity index is 914. The van der Waals surface area contributed by atoms with Gasteiger partial charge in [-0.3, -0.25) is 4.90 Å². The van der Waals surface area contributed by atoms with Crippen LogP contribution in [0.3, 0.4) is 0 Å². The number of unbranched alkanes of at least 4 members (excludes halogenated alkanes) is 1. The zero-order valence-electron chi connectivity index (χ0n) is 16.5. The molecule has 3 heteroatoms. The molecule has 0 amide bonds. The van der Waals surface area contributed by atoms with E-state index in [9.17, 15) is 4.79 Å². The third kappa shape index (κ3) is 2.83. The number of carbonyl (C=O) groups excluding carboxylic acids is 1. The number of esters is 1. The molecule has 5 rings (SSSR count). The molecular weight excluding hydrogens is 346 g/mol. The molecule has 0 saturated carbocycles. The third-order valence-electron chi connectivity index (χ3n) is 6.79. The Balaban J connectivity index is 1.44. The van der Waals surface area contributed by atoms with Crippen LogP contribution in [0, 0.1) is 11.8 Å². The standard InChI is InChI=1S/C25H27NO2/c1-2-3-6-18-8-10-19(11-9-18)12-13-20-15-21-17-25(22(20)16-24(27)28-25)23-7-4-5-14-26(21)23/h8-11,15-16,21,23H,2-7,14,17H2,1H3/t21-,23-,25+/m1/s1. The topological polar surface area (TPSA) is 29.5 Å². The van der Waals surface area contributed by atoms with Crippen molar-refractivity contribution in [2.75, 3.05) is 6.54 Å². The van der Waals surface area contributed by atoms with Gasteiger partial charge in [0.25, 0.3) is 0 Å². The number of hydrogen-bond donors (Lipinski definition) is 0. The van der Waals surface area contributed by atoms with Gasteiger partial charge in [0.05, 0.1) is 6.04 Å². The van der Waals surface area contributed by atoms with Gasteiger partial charge in [0.15, 0.2) is 5.60 Å². The summed E-state index contributed by atoms with van der Waals surface area (Å²) in [4.78, 5) is 14.8. The summed E-state index contributed by atoms with van der Waals surface area (Å²) in [6.07, 6.45) is 12.0. The number of ether oxygens (including phenoxy) is 1. The lowest BCUT2D eigenvalue weighted by molar-refractivity contribution is -0.148. The Morgan fingerprint density at radius 2 is 2.07 bits per heavy atom. The summed E-state index contributed by atoms with van der Waals surface area (Å²) >= 11 is 0. The largest absolute Gasteiger partial charge is 0.449 e. The van der Waals surface area contributed by atoms with Crippen molar-refractivity contribution in [3.8, 4) is 11.8 Å². The minimum absolute atomic E-state index is 0.198. The van der Waals surface area contributed by atoms with Gasteiger partial charge in [0, 0.05) is 35.2 Å². The van der Waals surface area contributed by atoms with E-state index in [4.69, 9.17) is 4.74 Å². The smallest absolute Gasteiger partial charge is 0.332 e. The van der Waals surface area contributed by atoms with Crippen molar-refractivity contribution in [1.29, 1.82) is 0 Å². The fourth-order valence-electron chi connectivity index (χ4n) is 5.45. The van der Waals surface area contributed by atoms with Crippen LogP contribution in [0.2, 0.25) is 0 Å². The minimum atomic E-state index is -0.453. The number of carbonyl (C=O) groups is 1. The van der Waals surface area contributed by atoms with E-state index in [2.05, 4.69) is 54.0 Å². The van der Waals surface area contributed by atoms with Gasteiger partial charge in [0.1, 0.15) is 0 Å². The summed E-state index contributed by atoms with van der Waals surface area (Å²) in [5.41, 5.74) is 3.96. The van der Waals surface area contributed by atoms with Crippen molar-refractivity contribution in [2.45, 2.75) is 69.6 Å². The summed E-state index contributed by atoms with van der Waals surface area (Å²) in [7, 11) is 0. The van der Waals surface area contributed by atoms with Crippen molar-refractivity contribution in [3.05, 3.63) is 58.7 Å². The molecule has 28 heavy (non-hydrogen) atoms. The highest BCUT2D eigenvalue weighted by Gasteiger charge is 2.61. The molecular formula is C25H27NO2. The predicted molar refractivity (Wildman–Crippen MR) is 110 cm³/mol. The van der Waals surface area contributed by atoms with Crippen LogP contribution in [-0.4, -0.2) is 35.1 Å². The van der Waals surface area contributed by atoms with Crippen molar-refractivity contribution < 1.29 is 9.53 Å². The van der Waals surface area contributed by atoms with Gasteiger partial charge in [-0.25, -0.2) is 4.79 Å². The van der Waals surface area contributed by atoms with E-state index in [1.807, 2.05) is 0 Å². The molecule has 2 saturated heterocycles. The summed E-state index contributed by atoms with van der Waals surface area (Å²) < 4.78 is 5.97. The molecule has 1 spiro atoms. The van der Waals surface area contributed by atoms with Crippen molar-refractivity contribution in [1.82, 2.24) is 4.90 Å². The maximum atomic E-state index is 12.2. The van der Waals surface area contributed by atoms with Crippen LogP contribution in [0.4, 0.5) is 0 Å². The highest BCUT2D eigenvalue weighted by Crippen LogP contribution is 2.53. The first-order valence-corrected chi connectivity index (χ1v) is 10.7. The fraction of sp³-hybridized carbons (Fsp3) is 0.480. The molecule has 2 bridgehead atoms. The van der Waals surface area contributed by atoms with Crippen LogP contribution < -0.4 is 0 Å². The van der Waals surface area contributed by atoms with Crippen molar-refractivity contribution in [2.24, 2.45) is 0 Å². The van der Waals surface area contributed by atoms with Crippen molar-refractivity contribution >= 4 is 5.97 Å². The second-order valence-corrected chi connectivity index (χ2v) is 8.52. The van der Waals surface area contributed by atoms with Crippen LogP contribution in [0.1, 0.15) is 56.6 Å². The first-order valence-electron chi connectivity index (χ1n) is 10.7. The summed E-state index contributed by atoms with van der Waals surface area (Å²) in [5.74, 6) is 6.51. The Morgan fingerprint density at radius 3 is 2.89 bits per heavy atom. The Kier molecular flexibility index (Phi) is 4.40. The van der Waals surface area contributed by atoms with Crippen LogP contribution in [0.15, 0.2) is 47.6 Å². The predicted octanol–water partition coefficient (Wildman–Crippen LogP) is 4.17. The molecule has 0 aromatic heterocycles. The van der Waals surface area contributed by atoms with Gasteiger partial charge >= 0.3 is 5.97 Å². The van der Waals surface area contributed by atoms with Gasteiger partial charge in [-0.05, 0) is 49.9 Å². The summed E-state index contributed by atoms with van der Waals surface area (Å²) in [6, 6.07) is 9.25. The number of rotatable bonds is 3. The molecule has 1 aromatic carbocycles. The summed E-state index contributed by atoms with van der Waals surface area (Å²) in [6.45, 7) is 3.31. The van der Waals surface area contributed by atoms with E-state index >= 15 is 0 Å². The minimum Gasteiger partial charge on any atom is -0.449 e. The van der Waals surface area contributed by atoms with E-state index in [0.717, 1.165) is 42.5 Å². The lowest BCUT2D eigenvalue weighted by Gasteiger charge is -2.38. The maximum Gasteiger partial charge on any atom is 0.332 e. The zero-order valence-corrected chi connectivity index (χ0v) is 16.5. The second kappa shape index (κ2) is 6.94. The number of aryl methyl sites for hydroxylation is 1. The van der Waals surface area contributed by atoms with Crippen LogP contribution in [0.25, 0.3) is 0 Å². The molecule has 3 heterocycles. The Morgan fingerprint density at radius 1 is 1.21 bits per heavy atom. The Hall–Kier alpha value is -2.31. The van der Waals surface area contributed by atoms with E-state index in [-0.39, 0.29) is 5.97 Å². The highest BCUT2D eigenvalue weighted by atomic mass is 16.6. The van der Waals surface area contributed by atoms with Crippen LogP contribution in [0.5, 0.6) is 0 Å². The van der Waals surface area contributed by atoms with E-state index in [1.165, 1.54) is 31.2 Å². The number of piperidine rings is 1. The number of fused-ring (bicyclic) bond motifs is 3. The van der Waals surface area contributed by atoms with Gasteiger partial charge in [-0.15, -0.1) is 0 Å². The lowest BCUT2D eigenvalue weighted by atomic mass is 9.77. The molecule has 144 valence electrons. The molecule has 3 atom stereocenters. The molecule has 0 radical (unpaired) electrons. The second-order valence-electron chi connectivity index (χ2n) is 8.52. The number of hydrogen-bond acceptors (Lipinski definition) is 3. The molecule has 0 N–H and O–H groups in total. The maximum absolute atomic E-state index is 12.2. The molecule has 3 nitrogen and oxygen atoms in total. The molecule has 1 aliphatic carbocycles. The molecule has 3 aliphatic heterocycles. The SMILES string of the molecule is CCCCc1ccc(C#CC2=C[C@@H]3C[C@@]4(OC(=O)C=C24)[C@H]2CCCCN32)cc1. The average molecular weight is 373 g/mol. The average Bonchev–Trinajstić information content (AvgIpc) is 3.20. The molecule has 2 fully saturated rings. The summed E-state index contributed by atoms with van der Waals surface area (Å²) in [5, 5.41) is 0. The van der Waals surface area contributed by atoms with Crippen LogP contribution >= 0.6 is 0 Å². The van der Waals surface area contributed by atoms with Gasteiger partial charge < -0.3 is 4.74 Å². The highest BCUT2D eigenvalue weighted by molar-refractivity contribution is 5.90. The Labute approximate surface area is 167 Å². The van der Waals surface area contributed by atoms with E-state index < -0.39 is 5.60 Å². The number of nitrogens with zero attached hydrogens (tertiary/aromatic N) is 1. The van der Waals surface area contributed by atoms with Gasteiger partial charge in [-0.1, -0.05) is 49.8 Å². The number of benzene rings is 1. The first-order chi connectivity index (χ1) is 13.7. The molecule has 0 unspecified atom stereocenters. The van der Waals surface area contributed by atoms with Gasteiger partial charge in [-0.2, -0.15) is 0 Å². The zero-order chi connectivity index (χ0) is 19.1. The van der Waals surface area contributed by atoms with Crippen molar-refractivity contribution in [3.63, 3.8) is 0 Å². The quantitative estimate of drug-likeness (QED) is 0.588. The van der Waals surface area contributed by atoms with E-state index in [0.29, 0.717) is 12.1 Å². The molecule has 4 aliphatic rings. The van der Waals surface area contributed by atoms with E-state index in [1.54, 1.807) is 6.08 Å². The van der Waals surface area contributed by atoms with Crippen LogP contribution in [-0.2, 0) is 16.0 Å².